The topological polar surface area (TPSA) is 9.23 Å². The molecule has 2 aliphatic carbocycles. The maximum absolute atomic E-state index is 5.77. The van der Waals surface area contributed by atoms with Gasteiger partial charge in [0.2, 0.25) is 0 Å². The van der Waals surface area contributed by atoms with Crippen LogP contribution in [0.4, 0.5) is 0 Å². The van der Waals surface area contributed by atoms with E-state index < -0.39 is 0 Å². The van der Waals surface area contributed by atoms with E-state index in [1.807, 2.05) is 0 Å². The van der Waals surface area contributed by atoms with Gasteiger partial charge in [-0.15, -0.1) is 0 Å². The number of hydrogen-bond donors (Lipinski definition) is 0. The number of benzene rings is 1. The molecule has 0 atom stereocenters. The predicted molar refractivity (Wildman–Crippen MR) is 130 cm³/mol. The molecule has 2 fully saturated rings. The molecule has 0 bridgehead atoms. The average molecular weight is 409 g/mol. The Morgan fingerprint density at radius 1 is 0.833 bits per heavy atom. The molecule has 0 unspecified atom stereocenters. The van der Waals surface area contributed by atoms with Gasteiger partial charge in [0.15, 0.2) is 0 Å². The quantitative estimate of drug-likeness (QED) is 0.278. The highest BCUT2D eigenvalue weighted by molar-refractivity contribution is 5.25. The van der Waals surface area contributed by atoms with Crippen molar-refractivity contribution in [3.05, 3.63) is 59.7 Å². The van der Waals surface area contributed by atoms with Crippen molar-refractivity contribution in [1.29, 1.82) is 0 Å². The Bertz CT molecular complexity index is 625. The van der Waals surface area contributed by atoms with E-state index in [4.69, 9.17) is 4.74 Å². The minimum Gasteiger partial charge on any atom is -0.376 e. The fourth-order valence-electron chi connectivity index (χ4n) is 5.58. The van der Waals surface area contributed by atoms with Crippen molar-refractivity contribution in [2.24, 2.45) is 17.8 Å². The molecule has 1 aromatic rings. The molecular formula is C29H44O. The summed E-state index contributed by atoms with van der Waals surface area (Å²) in [5, 5.41) is 0. The van der Waals surface area contributed by atoms with E-state index in [9.17, 15) is 0 Å². The Balaban J connectivity index is 1.37. The largest absolute Gasteiger partial charge is 0.376 e. The number of rotatable bonds is 10. The number of unbranched alkanes of at least 4 members (excludes halogenated alkanes) is 1. The first-order valence-corrected chi connectivity index (χ1v) is 12.7. The molecule has 0 spiro atoms. The third-order valence-electron chi connectivity index (χ3n) is 7.50. The summed E-state index contributed by atoms with van der Waals surface area (Å²) in [5.74, 6) is 3.64. The van der Waals surface area contributed by atoms with Crippen molar-refractivity contribution in [1.82, 2.24) is 0 Å². The first kappa shape index (κ1) is 23.3. The summed E-state index contributed by atoms with van der Waals surface area (Å²) in [6.07, 6.45) is 24.2. The molecule has 1 nitrogen and oxygen atoms in total. The monoisotopic (exact) mass is 408 g/mol. The summed E-state index contributed by atoms with van der Waals surface area (Å²) in [6, 6.07) is 9.29. The SMILES string of the molecule is CC=CCCOCc1ccc([C@H]2CC[C@H]([C@H]3CC[C@H](C=CCCC)CC3)CC2)cc1. The molecule has 0 amide bonds. The van der Waals surface area contributed by atoms with Gasteiger partial charge >= 0.3 is 0 Å². The summed E-state index contributed by atoms with van der Waals surface area (Å²) >= 11 is 0. The molecule has 30 heavy (non-hydrogen) atoms. The molecule has 2 saturated carbocycles. The van der Waals surface area contributed by atoms with Crippen molar-refractivity contribution in [2.45, 2.75) is 97.0 Å². The fourth-order valence-corrected chi connectivity index (χ4v) is 5.58. The highest BCUT2D eigenvalue weighted by atomic mass is 16.5. The van der Waals surface area contributed by atoms with E-state index in [1.165, 1.54) is 69.8 Å². The van der Waals surface area contributed by atoms with Crippen LogP contribution < -0.4 is 0 Å². The number of ether oxygens (including phenoxy) is 1. The van der Waals surface area contributed by atoms with E-state index in [1.54, 1.807) is 5.56 Å². The zero-order chi connectivity index (χ0) is 21.0. The van der Waals surface area contributed by atoms with Crippen LogP contribution in [0.1, 0.15) is 102 Å². The Hall–Kier alpha value is -1.34. The van der Waals surface area contributed by atoms with Gasteiger partial charge in [-0.25, -0.2) is 0 Å². The highest BCUT2D eigenvalue weighted by Gasteiger charge is 2.30. The van der Waals surface area contributed by atoms with Crippen molar-refractivity contribution >= 4 is 0 Å². The molecule has 0 aliphatic heterocycles. The van der Waals surface area contributed by atoms with Crippen LogP contribution in [0, 0.1) is 17.8 Å². The third kappa shape index (κ3) is 7.41. The lowest BCUT2D eigenvalue weighted by Gasteiger charge is -2.37. The zero-order valence-electron chi connectivity index (χ0n) is 19.5. The van der Waals surface area contributed by atoms with Crippen LogP contribution in [-0.4, -0.2) is 6.61 Å². The van der Waals surface area contributed by atoms with Crippen LogP contribution in [-0.2, 0) is 11.3 Å². The zero-order valence-corrected chi connectivity index (χ0v) is 19.5. The number of hydrogen-bond acceptors (Lipinski definition) is 1. The van der Waals surface area contributed by atoms with Gasteiger partial charge in [0.05, 0.1) is 13.2 Å². The van der Waals surface area contributed by atoms with E-state index in [2.05, 4.69) is 62.4 Å². The van der Waals surface area contributed by atoms with Crippen LogP contribution in [0.15, 0.2) is 48.6 Å². The fraction of sp³-hybridized carbons (Fsp3) is 0.655. The average Bonchev–Trinajstić information content (AvgIpc) is 2.80. The second kappa shape index (κ2) is 13.2. The molecule has 0 saturated heterocycles. The molecular weight excluding hydrogens is 364 g/mol. The Morgan fingerprint density at radius 3 is 2.13 bits per heavy atom. The lowest BCUT2D eigenvalue weighted by atomic mass is 9.68. The minimum atomic E-state index is 0.737. The van der Waals surface area contributed by atoms with Gasteiger partial charge in [0, 0.05) is 0 Å². The second-order valence-electron chi connectivity index (χ2n) is 9.66. The molecule has 0 heterocycles. The van der Waals surface area contributed by atoms with E-state index >= 15 is 0 Å². The van der Waals surface area contributed by atoms with Gasteiger partial charge in [0.1, 0.15) is 0 Å². The van der Waals surface area contributed by atoms with Crippen LogP contribution in [0.5, 0.6) is 0 Å². The molecule has 1 aromatic carbocycles. The van der Waals surface area contributed by atoms with Gasteiger partial charge in [-0.1, -0.05) is 61.9 Å². The lowest BCUT2D eigenvalue weighted by molar-refractivity contribution is 0.125. The van der Waals surface area contributed by atoms with E-state index in [-0.39, 0.29) is 0 Å². The predicted octanol–water partition coefficient (Wildman–Crippen LogP) is 8.61. The van der Waals surface area contributed by atoms with E-state index in [0.717, 1.165) is 43.3 Å². The van der Waals surface area contributed by atoms with Crippen molar-refractivity contribution < 1.29 is 4.74 Å². The molecule has 166 valence electrons. The first-order chi connectivity index (χ1) is 14.8. The normalized spacial score (nSPS) is 27.8. The first-order valence-electron chi connectivity index (χ1n) is 12.7. The van der Waals surface area contributed by atoms with Crippen LogP contribution >= 0.6 is 0 Å². The Kier molecular flexibility index (Phi) is 10.2. The third-order valence-corrected chi connectivity index (χ3v) is 7.50. The Morgan fingerprint density at radius 2 is 1.50 bits per heavy atom. The van der Waals surface area contributed by atoms with Crippen molar-refractivity contribution in [3.8, 4) is 0 Å². The maximum Gasteiger partial charge on any atom is 0.0717 e. The van der Waals surface area contributed by atoms with Gasteiger partial charge in [-0.3, -0.25) is 0 Å². The van der Waals surface area contributed by atoms with Gasteiger partial charge in [-0.05, 0) is 106 Å². The summed E-state index contributed by atoms with van der Waals surface area (Å²) < 4.78 is 5.77. The summed E-state index contributed by atoms with van der Waals surface area (Å²) in [5.41, 5.74) is 2.86. The summed E-state index contributed by atoms with van der Waals surface area (Å²) in [7, 11) is 0. The summed E-state index contributed by atoms with van der Waals surface area (Å²) in [6.45, 7) is 5.88. The molecule has 2 aliphatic rings. The molecule has 0 aromatic heterocycles. The van der Waals surface area contributed by atoms with Crippen LogP contribution in [0.25, 0.3) is 0 Å². The molecule has 1 heteroatoms. The maximum atomic E-state index is 5.77. The van der Waals surface area contributed by atoms with Crippen molar-refractivity contribution in [2.75, 3.05) is 6.61 Å². The van der Waals surface area contributed by atoms with Crippen LogP contribution in [0.3, 0.4) is 0 Å². The molecule has 0 N–H and O–H groups in total. The Labute approximate surface area is 186 Å². The van der Waals surface area contributed by atoms with Gasteiger partial charge in [-0.2, -0.15) is 0 Å². The standard InChI is InChI=1S/C29H44O/c1-3-5-7-9-24-10-14-26(15-11-24)28-18-20-29(21-19-28)27-16-12-25(13-17-27)23-30-22-8-6-4-2/h4,6-7,9,12-13,16-17,24,26,28-29H,3,5,8,10-11,14-15,18-23H2,1-2H3/t24-,26-,28-,29-. The van der Waals surface area contributed by atoms with Gasteiger partial charge in [0.25, 0.3) is 0 Å². The van der Waals surface area contributed by atoms with Gasteiger partial charge < -0.3 is 4.74 Å². The second-order valence-corrected chi connectivity index (χ2v) is 9.66. The lowest BCUT2D eigenvalue weighted by Crippen LogP contribution is -2.25. The minimum absolute atomic E-state index is 0.737. The smallest absolute Gasteiger partial charge is 0.0717 e. The summed E-state index contributed by atoms with van der Waals surface area (Å²) in [4.78, 5) is 0. The molecule has 0 radical (unpaired) electrons. The van der Waals surface area contributed by atoms with E-state index in [0.29, 0.717) is 0 Å². The number of allylic oxidation sites excluding steroid dienone is 3. The van der Waals surface area contributed by atoms with Crippen molar-refractivity contribution in [3.63, 3.8) is 0 Å². The molecule has 3 rings (SSSR count). The van der Waals surface area contributed by atoms with Crippen LogP contribution in [0.2, 0.25) is 0 Å². The highest BCUT2D eigenvalue weighted by Crippen LogP contribution is 2.44.